The number of hydrogen-bond acceptors (Lipinski definition) is 4. The Labute approximate surface area is 118 Å². The van der Waals surface area contributed by atoms with Gasteiger partial charge in [0, 0.05) is 25.3 Å². The van der Waals surface area contributed by atoms with Gasteiger partial charge in [0.2, 0.25) is 5.95 Å². The Balaban J connectivity index is 1.79. The Kier molecular flexibility index (Phi) is 4.98. The Morgan fingerprint density at radius 2 is 1.84 bits per heavy atom. The molecular formula is C14H16ClN3O. The Morgan fingerprint density at radius 3 is 2.47 bits per heavy atom. The summed E-state index contributed by atoms with van der Waals surface area (Å²) in [5, 5.41) is 0. The lowest BCUT2D eigenvalue weighted by molar-refractivity contribution is 0.325. The number of nitrogens with zero attached hydrogens (tertiary/aromatic N) is 3. The number of anilines is 1. The fraction of sp³-hybridized carbons (Fsp3) is 0.286. The second kappa shape index (κ2) is 6.95. The molecule has 0 aliphatic heterocycles. The highest BCUT2D eigenvalue weighted by atomic mass is 35.5. The first kappa shape index (κ1) is 13.6. The smallest absolute Gasteiger partial charge is 0.225 e. The van der Waals surface area contributed by atoms with Gasteiger partial charge in [0.1, 0.15) is 12.4 Å². The van der Waals surface area contributed by atoms with Gasteiger partial charge in [-0.25, -0.2) is 9.97 Å². The van der Waals surface area contributed by atoms with Crippen LogP contribution in [0.1, 0.15) is 5.56 Å². The van der Waals surface area contributed by atoms with E-state index in [1.165, 1.54) is 0 Å². The van der Waals surface area contributed by atoms with Gasteiger partial charge in [-0.2, -0.15) is 0 Å². The minimum absolute atomic E-state index is 0.522. The van der Waals surface area contributed by atoms with Crippen LogP contribution in [0.5, 0.6) is 5.75 Å². The molecule has 1 aromatic heterocycles. The Hall–Kier alpha value is -1.81. The summed E-state index contributed by atoms with van der Waals surface area (Å²) in [4.78, 5) is 10.3. The molecule has 1 aromatic carbocycles. The predicted molar refractivity (Wildman–Crippen MR) is 76.8 cm³/mol. The Morgan fingerprint density at radius 1 is 1.16 bits per heavy atom. The molecular weight excluding hydrogens is 262 g/mol. The van der Waals surface area contributed by atoms with Crippen LogP contribution < -0.4 is 9.64 Å². The highest BCUT2D eigenvalue weighted by Crippen LogP contribution is 2.13. The maximum Gasteiger partial charge on any atom is 0.225 e. The number of benzene rings is 1. The van der Waals surface area contributed by atoms with Crippen LogP contribution in [0, 0.1) is 0 Å². The van der Waals surface area contributed by atoms with E-state index in [-0.39, 0.29) is 0 Å². The predicted octanol–water partition coefficient (Wildman–Crippen LogP) is 2.73. The standard InChI is InChI=1S/C14H16ClN3O/c1-18(14-16-7-2-8-17-14)9-10-19-13-5-3-12(11-15)4-6-13/h2-8H,9-11H2,1H3. The normalized spacial score (nSPS) is 10.2. The lowest BCUT2D eigenvalue weighted by Crippen LogP contribution is -2.25. The highest BCUT2D eigenvalue weighted by molar-refractivity contribution is 6.17. The maximum atomic E-state index is 5.73. The van der Waals surface area contributed by atoms with E-state index in [9.17, 15) is 0 Å². The second-order valence-electron chi connectivity index (χ2n) is 4.10. The number of hydrogen-bond donors (Lipinski definition) is 0. The number of alkyl halides is 1. The fourth-order valence-electron chi connectivity index (χ4n) is 1.56. The maximum absolute atomic E-state index is 5.73. The largest absolute Gasteiger partial charge is 0.492 e. The number of halogens is 1. The van der Waals surface area contributed by atoms with E-state index in [0.717, 1.165) is 17.9 Å². The van der Waals surface area contributed by atoms with Gasteiger partial charge >= 0.3 is 0 Å². The monoisotopic (exact) mass is 277 g/mol. The fourth-order valence-corrected chi connectivity index (χ4v) is 1.74. The van der Waals surface area contributed by atoms with Gasteiger partial charge in [-0.15, -0.1) is 11.6 Å². The summed E-state index contributed by atoms with van der Waals surface area (Å²) in [6.07, 6.45) is 3.45. The van der Waals surface area contributed by atoms with Crippen molar-refractivity contribution in [2.75, 3.05) is 25.1 Å². The molecule has 0 aliphatic carbocycles. The summed E-state index contributed by atoms with van der Waals surface area (Å²) in [6, 6.07) is 9.58. The van der Waals surface area contributed by atoms with Crippen molar-refractivity contribution in [2.24, 2.45) is 0 Å². The molecule has 0 N–H and O–H groups in total. The molecule has 100 valence electrons. The van der Waals surface area contributed by atoms with Crippen LogP contribution in [-0.4, -0.2) is 30.2 Å². The molecule has 4 nitrogen and oxygen atoms in total. The molecule has 0 radical (unpaired) electrons. The third kappa shape index (κ3) is 4.10. The summed E-state index contributed by atoms with van der Waals surface area (Å²) < 4.78 is 5.66. The molecule has 0 aliphatic rings. The van der Waals surface area contributed by atoms with Crippen LogP contribution in [0.4, 0.5) is 5.95 Å². The van der Waals surface area contributed by atoms with Crippen molar-refractivity contribution in [3.05, 3.63) is 48.3 Å². The minimum atomic E-state index is 0.522. The summed E-state index contributed by atoms with van der Waals surface area (Å²) in [5.74, 6) is 2.06. The molecule has 0 amide bonds. The van der Waals surface area contributed by atoms with Crippen LogP contribution in [0.15, 0.2) is 42.7 Å². The van der Waals surface area contributed by atoms with E-state index in [4.69, 9.17) is 16.3 Å². The van der Waals surface area contributed by atoms with Crippen LogP contribution >= 0.6 is 11.6 Å². The molecule has 0 spiro atoms. The van der Waals surface area contributed by atoms with E-state index in [2.05, 4.69) is 9.97 Å². The first-order chi connectivity index (χ1) is 9.29. The number of ether oxygens (including phenoxy) is 1. The van der Waals surface area contributed by atoms with Gasteiger partial charge in [0.25, 0.3) is 0 Å². The third-order valence-corrected chi connectivity index (χ3v) is 2.98. The zero-order chi connectivity index (χ0) is 13.5. The summed E-state index contributed by atoms with van der Waals surface area (Å²) >= 11 is 5.73. The highest BCUT2D eigenvalue weighted by Gasteiger charge is 2.02. The van der Waals surface area contributed by atoms with E-state index in [0.29, 0.717) is 18.4 Å². The van der Waals surface area contributed by atoms with Gasteiger partial charge in [-0.05, 0) is 23.8 Å². The first-order valence-corrected chi connectivity index (χ1v) is 6.59. The molecule has 0 atom stereocenters. The molecule has 0 saturated heterocycles. The number of likely N-dealkylation sites (N-methyl/N-ethyl adjacent to an activating group) is 1. The molecule has 0 saturated carbocycles. The summed E-state index contributed by atoms with van der Waals surface area (Å²) in [6.45, 7) is 1.30. The van der Waals surface area contributed by atoms with Crippen molar-refractivity contribution in [3.63, 3.8) is 0 Å². The zero-order valence-electron chi connectivity index (χ0n) is 10.8. The van der Waals surface area contributed by atoms with Crippen molar-refractivity contribution in [3.8, 4) is 5.75 Å². The number of rotatable bonds is 6. The molecule has 19 heavy (non-hydrogen) atoms. The van der Waals surface area contributed by atoms with Gasteiger partial charge in [-0.1, -0.05) is 12.1 Å². The van der Waals surface area contributed by atoms with Crippen molar-refractivity contribution in [1.29, 1.82) is 0 Å². The molecule has 0 bridgehead atoms. The van der Waals surface area contributed by atoms with Crippen LogP contribution in [-0.2, 0) is 5.88 Å². The van der Waals surface area contributed by atoms with Crippen molar-refractivity contribution in [1.82, 2.24) is 9.97 Å². The molecule has 0 fully saturated rings. The van der Waals surface area contributed by atoms with Crippen LogP contribution in [0.2, 0.25) is 0 Å². The molecule has 5 heteroatoms. The lowest BCUT2D eigenvalue weighted by Gasteiger charge is -2.16. The summed E-state index contributed by atoms with van der Waals surface area (Å²) in [5.41, 5.74) is 1.09. The van der Waals surface area contributed by atoms with E-state index in [1.807, 2.05) is 36.2 Å². The van der Waals surface area contributed by atoms with E-state index >= 15 is 0 Å². The van der Waals surface area contributed by atoms with Crippen molar-refractivity contribution in [2.45, 2.75) is 5.88 Å². The van der Waals surface area contributed by atoms with Gasteiger partial charge < -0.3 is 9.64 Å². The van der Waals surface area contributed by atoms with Crippen LogP contribution in [0.3, 0.4) is 0 Å². The average molecular weight is 278 g/mol. The SMILES string of the molecule is CN(CCOc1ccc(CCl)cc1)c1ncccn1. The molecule has 2 rings (SSSR count). The molecule has 1 heterocycles. The summed E-state index contributed by atoms with van der Waals surface area (Å²) in [7, 11) is 1.94. The van der Waals surface area contributed by atoms with Crippen molar-refractivity contribution < 1.29 is 4.74 Å². The van der Waals surface area contributed by atoms with Crippen molar-refractivity contribution >= 4 is 17.5 Å². The topological polar surface area (TPSA) is 38.2 Å². The first-order valence-electron chi connectivity index (χ1n) is 6.05. The third-order valence-electron chi connectivity index (χ3n) is 2.67. The van der Waals surface area contributed by atoms with Crippen LogP contribution in [0.25, 0.3) is 0 Å². The lowest BCUT2D eigenvalue weighted by atomic mass is 10.2. The number of aromatic nitrogens is 2. The van der Waals surface area contributed by atoms with Gasteiger partial charge in [-0.3, -0.25) is 0 Å². The zero-order valence-corrected chi connectivity index (χ0v) is 11.5. The quantitative estimate of drug-likeness (QED) is 0.761. The minimum Gasteiger partial charge on any atom is -0.492 e. The average Bonchev–Trinajstić information content (AvgIpc) is 2.49. The van der Waals surface area contributed by atoms with E-state index < -0.39 is 0 Å². The van der Waals surface area contributed by atoms with Gasteiger partial charge in [0.05, 0.1) is 6.54 Å². The second-order valence-corrected chi connectivity index (χ2v) is 4.36. The Bertz CT molecular complexity index is 490. The van der Waals surface area contributed by atoms with Gasteiger partial charge in [0.15, 0.2) is 0 Å². The molecule has 0 unspecified atom stereocenters. The van der Waals surface area contributed by atoms with E-state index in [1.54, 1.807) is 18.5 Å². The molecule has 2 aromatic rings.